The quantitative estimate of drug-likeness (QED) is 0.138. The predicted octanol–water partition coefficient (Wildman–Crippen LogP) is 4.39. The third kappa shape index (κ3) is 6.40. The van der Waals surface area contributed by atoms with E-state index in [-0.39, 0.29) is 25.2 Å². The van der Waals surface area contributed by atoms with Crippen LogP contribution in [0.3, 0.4) is 0 Å². The highest BCUT2D eigenvalue weighted by atomic mass is 31.2. The Morgan fingerprint density at radius 3 is 2.62 bits per heavy atom. The molecule has 1 amide bonds. The molecule has 4 aromatic rings. The van der Waals surface area contributed by atoms with E-state index in [9.17, 15) is 14.3 Å². The molecule has 4 N–H and O–H groups in total. The Bertz CT molecular complexity index is 1530. The van der Waals surface area contributed by atoms with Gasteiger partial charge in [-0.3, -0.25) is 19.2 Å². The van der Waals surface area contributed by atoms with Gasteiger partial charge in [-0.1, -0.05) is 60.7 Å². The summed E-state index contributed by atoms with van der Waals surface area (Å²) in [5.74, 6) is -0.432. The number of anilines is 2. The number of amides is 1. The second-order valence-corrected chi connectivity index (χ2v) is 11.1. The highest BCUT2D eigenvalue weighted by molar-refractivity contribution is 7.51. The number of benzene rings is 2. The van der Waals surface area contributed by atoms with Gasteiger partial charge in [0.15, 0.2) is 0 Å². The SMILES string of the molecule is C[C@@H](C(=O)NP(=O)(O)OC[C@H]1C=C[C@@H](n2ccc3c(N)ncnc32)C1)N(OCc1ccccc1)c1ccccc1. The van der Waals surface area contributed by atoms with Gasteiger partial charge in [0.2, 0.25) is 0 Å². The van der Waals surface area contributed by atoms with Crippen LogP contribution in [0.25, 0.3) is 11.0 Å². The average Bonchev–Trinajstić information content (AvgIpc) is 3.61. The Labute approximate surface area is 231 Å². The van der Waals surface area contributed by atoms with Crippen molar-refractivity contribution in [3.8, 4) is 0 Å². The summed E-state index contributed by atoms with van der Waals surface area (Å²) in [6, 6.07) is 19.5. The molecule has 208 valence electrons. The molecule has 40 heavy (non-hydrogen) atoms. The number of carbonyl (C=O) groups is 1. The number of aromatic nitrogens is 3. The molecule has 1 aliphatic carbocycles. The van der Waals surface area contributed by atoms with E-state index < -0.39 is 19.7 Å². The molecule has 11 nitrogen and oxygen atoms in total. The Hall–Kier alpha value is -4.02. The number of nitrogens with two attached hydrogens (primary N) is 1. The Morgan fingerprint density at radius 1 is 1.15 bits per heavy atom. The van der Waals surface area contributed by atoms with E-state index >= 15 is 0 Å². The summed E-state index contributed by atoms with van der Waals surface area (Å²) < 4.78 is 20.1. The van der Waals surface area contributed by atoms with Crippen molar-refractivity contribution in [2.24, 2.45) is 5.92 Å². The minimum atomic E-state index is -4.45. The molecule has 2 aromatic carbocycles. The van der Waals surface area contributed by atoms with E-state index in [2.05, 4.69) is 15.1 Å². The highest BCUT2D eigenvalue weighted by Gasteiger charge is 2.32. The van der Waals surface area contributed by atoms with Crippen molar-refractivity contribution < 1.29 is 23.6 Å². The van der Waals surface area contributed by atoms with Gasteiger partial charge in [-0.2, -0.15) is 0 Å². The van der Waals surface area contributed by atoms with Crippen LogP contribution in [0.15, 0.2) is 91.4 Å². The number of nitrogens with one attached hydrogen (secondary N) is 1. The summed E-state index contributed by atoms with van der Waals surface area (Å²) in [5.41, 5.74) is 8.20. The molecule has 1 unspecified atom stereocenters. The second kappa shape index (κ2) is 12.0. The maximum absolute atomic E-state index is 13.1. The van der Waals surface area contributed by atoms with Crippen LogP contribution in [0.1, 0.15) is 24.9 Å². The van der Waals surface area contributed by atoms with Gasteiger partial charge < -0.3 is 15.2 Å². The van der Waals surface area contributed by atoms with Gasteiger partial charge in [-0.15, -0.1) is 0 Å². The zero-order chi connectivity index (χ0) is 28.1. The van der Waals surface area contributed by atoms with Crippen LogP contribution >= 0.6 is 7.75 Å². The fraction of sp³-hybridized carbons (Fsp3) is 0.250. The Kier molecular flexibility index (Phi) is 8.27. The Balaban J connectivity index is 1.18. The molecule has 12 heteroatoms. The molecule has 0 saturated heterocycles. The summed E-state index contributed by atoms with van der Waals surface area (Å²) in [4.78, 5) is 37.8. The zero-order valence-corrected chi connectivity index (χ0v) is 22.8. The van der Waals surface area contributed by atoms with Gasteiger partial charge in [0, 0.05) is 12.1 Å². The second-order valence-electron chi connectivity index (χ2n) is 9.56. The van der Waals surface area contributed by atoms with Crippen molar-refractivity contribution >= 4 is 36.2 Å². The topological polar surface area (TPSA) is 145 Å². The summed E-state index contributed by atoms with van der Waals surface area (Å²) in [7, 11) is -4.45. The summed E-state index contributed by atoms with van der Waals surface area (Å²) >= 11 is 0. The standard InChI is InChI=1S/C28H31N6O5P/c1-20(34(23-10-6-3-7-11-23)38-17-21-8-4-2-5-9-21)28(35)32-40(36,37)39-18-22-12-13-24(16-22)33-15-14-25-26(29)30-19-31-27(25)33/h2-15,19-20,22,24H,16-18H2,1H3,(H2,29,30,31)(H2,32,35,36,37)/t20-,22-,24+/m0/s1. The molecule has 0 fully saturated rings. The predicted molar refractivity (Wildman–Crippen MR) is 152 cm³/mol. The normalized spacial score (nSPS) is 18.9. The number of hydrogen-bond donors (Lipinski definition) is 3. The monoisotopic (exact) mass is 562 g/mol. The molecule has 0 bridgehead atoms. The van der Waals surface area contributed by atoms with Crippen LogP contribution in [0.4, 0.5) is 11.5 Å². The van der Waals surface area contributed by atoms with Crippen LogP contribution in [-0.2, 0) is 25.3 Å². The molecule has 1 aliphatic rings. The molecule has 2 aromatic heterocycles. The van der Waals surface area contributed by atoms with E-state index in [0.29, 0.717) is 17.9 Å². The fourth-order valence-electron chi connectivity index (χ4n) is 4.61. The van der Waals surface area contributed by atoms with Crippen molar-refractivity contribution in [2.75, 3.05) is 17.4 Å². The van der Waals surface area contributed by atoms with Crippen molar-refractivity contribution in [3.63, 3.8) is 0 Å². The van der Waals surface area contributed by atoms with Crippen molar-refractivity contribution in [3.05, 3.63) is 97.0 Å². The van der Waals surface area contributed by atoms with E-state index in [1.165, 1.54) is 11.4 Å². The van der Waals surface area contributed by atoms with Crippen molar-refractivity contribution in [1.29, 1.82) is 0 Å². The maximum atomic E-state index is 13.1. The molecular formula is C28H31N6O5P. The fourth-order valence-corrected chi connectivity index (χ4v) is 5.54. The smallest absolute Gasteiger partial charge is 0.383 e. The number of nitrogen functional groups attached to an aromatic ring is 1. The van der Waals surface area contributed by atoms with Gasteiger partial charge >= 0.3 is 7.75 Å². The van der Waals surface area contributed by atoms with Gasteiger partial charge in [-0.25, -0.2) is 19.6 Å². The number of para-hydroxylation sites is 1. The lowest BCUT2D eigenvalue weighted by atomic mass is 10.1. The van der Waals surface area contributed by atoms with Crippen molar-refractivity contribution in [1.82, 2.24) is 19.6 Å². The zero-order valence-electron chi connectivity index (χ0n) is 21.9. The maximum Gasteiger partial charge on any atom is 0.432 e. The number of hydrogen-bond acceptors (Lipinski definition) is 8. The van der Waals surface area contributed by atoms with E-state index in [1.54, 1.807) is 19.1 Å². The number of nitrogens with zero attached hydrogens (tertiary/aromatic N) is 4. The number of fused-ring (bicyclic) bond motifs is 1. The van der Waals surface area contributed by atoms with Gasteiger partial charge in [0.05, 0.1) is 30.3 Å². The van der Waals surface area contributed by atoms with Crippen LogP contribution in [-0.4, -0.2) is 38.0 Å². The van der Waals surface area contributed by atoms with Gasteiger partial charge in [0.1, 0.15) is 23.8 Å². The lowest BCUT2D eigenvalue weighted by molar-refractivity contribution is -0.122. The first-order valence-electron chi connectivity index (χ1n) is 12.9. The number of rotatable bonds is 11. The largest absolute Gasteiger partial charge is 0.432 e. The first-order chi connectivity index (χ1) is 19.3. The minimum Gasteiger partial charge on any atom is -0.383 e. The van der Waals surface area contributed by atoms with Crippen LogP contribution in [0.5, 0.6) is 0 Å². The highest BCUT2D eigenvalue weighted by Crippen LogP contribution is 2.40. The first kappa shape index (κ1) is 27.5. The lowest BCUT2D eigenvalue weighted by Crippen LogP contribution is -2.44. The molecule has 0 saturated carbocycles. The van der Waals surface area contributed by atoms with Gasteiger partial charge in [-0.05, 0) is 37.1 Å². The third-order valence-corrected chi connectivity index (χ3v) is 7.72. The molecule has 0 aliphatic heterocycles. The summed E-state index contributed by atoms with van der Waals surface area (Å²) in [6.07, 6.45) is 7.87. The number of hydroxylamine groups is 1. The molecule has 5 rings (SSSR count). The average molecular weight is 563 g/mol. The number of allylic oxidation sites excluding steroid dienone is 1. The summed E-state index contributed by atoms with van der Waals surface area (Å²) in [6.45, 7) is 1.76. The molecule has 4 atom stereocenters. The van der Waals surface area contributed by atoms with Crippen LogP contribution in [0, 0.1) is 5.92 Å². The molecular weight excluding hydrogens is 531 g/mol. The molecule has 2 heterocycles. The van der Waals surface area contributed by atoms with Crippen molar-refractivity contribution in [2.45, 2.75) is 32.0 Å². The molecule has 0 spiro atoms. The lowest BCUT2D eigenvalue weighted by Gasteiger charge is -2.30. The van der Waals surface area contributed by atoms with E-state index in [4.69, 9.17) is 15.1 Å². The molecule has 0 radical (unpaired) electrons. The van der Waals surface area contributed by atoms with E-state index in [0.717, 1.165) is 16.6 Å². The third-order valence-electron chi connectivity index (χ3n) is 6.72. The first-order valence-corrected chi connectivity index (χ1v) is 14.4. The van der Waals surface area contributed by atoms with Crippen LogP contribution < -0.4 is 15.9 Å². The number of carbonyl (C=O) groups excluding carboxylic acids is 1. The minimum absolute atomic E-state index is 0.0192. The van der Waals surface area contributed by atoms with Crippen LogP contribution in [0.2, 0.25) is 0 Å². The summed E-state index contributed by atoms with van der Waals surface area (Å²) in [5, 5.41) is 4.35. The van der Waals surface area contributed by atoms with E-state index in [1.807, 2.05) is 77.5 Å². The van der Waals surface area contributed by atoms with Gasteiger partial charge in [0.25, 0.3) is 5.91 Å². The Morgan fingerprint density at radius 2 is 1.88 bits per heavy atom.